The van der Waals surface area contributed by atoms with E-state index in [1.54, 1.807) is 30.3 Å². The Bertz CT molecular complexity index is 686. The van der Waals surface area contributed by atoms with Crippen LogP contribution in [0.1, 0.15) is 21.5 Å². The van der Waals surface area contributed by atoms with Gasteiger partial charge in [0.1, 0.15) is 5.82 Å². The van der Waals surface area contributed by atoms with Crippen molar-refractivity contribution in [2.24, 2.45) is 5.73 Å². The minimum absolute atomic E-state index is 0.198. The SMILES string of the molecule is NC(=O)NCc1ccc(C(=O)NCCc2cccc(F)c2)cc1. The number of hydrogen-bond acceptors (Lipinski definition) is 2. The van der Waals surface area contributed by atoms with E-state index in [-0.39, 0.29) is 11.7 Å². The molecule has 0 bridgehead atoms. The Hall–Kier alpha value is -2.89. The van der Waals surface area contributed by atoms with Crippen molar-refractivity contribution in [3.8, 4) is 0 Å². The minimum Gasteiger partial charge on any atom is -0.352 e. The van der Waals surface area contributed by atoms with Gasteiger partial charge in [0.05, 0.1) is 0 Å². The highest BCUT2D eigenvalue weighted by molar-refractivity contribution is 5.94. The molecule has 0 heterocycles. The van der Waals surface area contributed by atoms with E-state index < -0.39 is 6.03 Å². The highest BCUT2D eigenvalue weighted by Gasteiger charge is 2.05. The standard InChI is InChI=1S/C17H18FN3O2/c18-15-3-1-2-12(10-15)8-9-20-16(22)14-6-4-13(5-7-14)11-21-17(19)23/h1-7,10H,8-9,11H2,(H,20,22)(H3,19,21,23). The third-order valence-electron chi connectivity index (χ3n) is 3.27. The number of amides is 3. The zero-order chi connectivity index (χ0) is 16.7. The van der Waals surface area contributed by atoms with E-state index in [1.165, 1.54) is 12.1 Å². The fourth-order valence-corrected chi connectivity index (χ4v) is 2.08. The lowest BCUT2D eigenvalue weighted by Gasteiger charge is -2.07. The maximum absolute atomic E-state index is 13.0. The number of nitrogens with two attached hydrogens (primary N) is 1. The number of carbonyl (C=O) groups excluding carboxylic acids is 2. The molecule has 0 saturated carbocycles. The molecule has 0 fully saturated rings. The Morgan fingerprint density at radius 1 is 1.00 bits per heavy atom. The van der Waals surface area contributed by atoms with Gasteiger partial charge >= 0.3 is 6.03 Å². The molecule has 0 atom stereocenters. The molecule has 0 aliphatic heterocycles. The second kappa shape index (κ2) is 7.93. The summed E-state index contributed by atoms with van der Waals surface area (Å²) in [6.07, 6.45) is 0.560. The summed E-state index contributed by atoms with van der Waals surface area (Å²) in [5, 5.41) is 5.26. The number of urea groups is 1. The van der Waals surface area contributed by atoms with Crippen molar-refractivity contribution in [1.29, 1.82) is 0 Å². The summed E-state index contributed by atoms with van der Waals surface area (Å²) in [4.78, 5) is 22.6. The van der Waals surface area contributed by atoms with Gasteiger partial charge in [-0.05, 0) is 41.8 Å². The molecule has 2 rings (SSSR count). The molecule has 2 aromatic carbocycles. The summed E-state index contributed by atoms with van der Waals surface area (Å²) < 4.78 is 13.0. The van der Waals surface area contributed by atoms with Gasteiger partial charge in [-0.3, -0.25) is 4.79 Å². The van der Waals surface area contributed by atoms with Crippen LogP contribution in [0.15, 0.2) is 48.5 Å². The number of hydrogen-bond donors (Lipinski definition) is 3. The first-order valence-corrected chi connectivity index (χ1v) is 7.19. The maximum atomic E-state index is 13.0. The Balaban J connectivity index is 1.82. The van der Waals surface area contributed by atoms with Crippen molar-refractivity contribution in [3.63, 3.8) is 0 Å². The molecule has 0 aliphatic rings. The van der Waals surface area contributed by atoms with Gasteiger partial charge in [-0.2, -0.15) is 0 Å². The Labute approximate surface area is 133 Å². The molecule has 5 nitrogen and oxygen atoms in total. The molecular weight excluding hydrogens is 297 g/mol. The highest BCUT2D eigenvalue weighted by atomic mass is 19.1. The number of halogens is 1. The Morgan fingerprint density at radius 3 is 2.39 bits per heavy atom. The van der Waals surface area contributed by atoms with Gasteiger partial charge in [0.15, 0.2) is 0 Å². The zero-order valence-corrected chi connectivity index (χ0v) is 12.5. The van der Waals surface area contributed by atoms with Gasteiger partial charge in [0.25, 0.3) is 5.91 Å². The number of benzene rings is 2. The van der Waals surface area contributed by atoms with Gasteiger partial charge in [-0.15, -0.1) is 0 Å². The average Bonchev–Trinajstić information content (AvgIpc) is 2.53. The van der Waals surface area contributed by atoms with Crippen LogP contribution in [-0.2, 0) is 13.0 Å². The van der Waals surface area contributed by atoms with Crippen molar-refractivity contribution in [3.05, 3.63) is 71.0 Å². The van der Waals surface area contributed by atoms with Crippen LogP contribution in [0.5, 0.6) is 0 Å². The van der Waals surface area contributed by atoms with Gasteiger partial charge in [-0.25, -0.2) is 9.18 Å². The summed E-state index contributed by atoms with van der Waals surface area (Å²) in [7, 11) is 0. The maximum Gasteiger partial charge on any atom is 0.312 e. The smallest absolute Gasteiger partial charge is 0.312 e. The number of nitrogens with one attached hydrogen (secondary N) is 2. The van der Waals surface area contributed by atoms with E-state index in [4.69, 9.17) is 5.73 Å². The molecule has 6 heteroatoms. The van der Waals surface area contributed by atoms with E-state index in [0.29, 0.717) is 25.1 Å². The van der Waals surface area contributed by atoms with Crippen LogP contribution in [0, 0.1) is 5.82 Å². The van der Waals surface area contributed by atoms with Crippen molar-refractivity contribution < 1.29 is 14.0 Å². The van der Waals surface area contributed by atoms with Crippen LogP contribution in [0.4, 0.5) is 9.18 Å². The molecule has 0 unspecified atom stereocenters. The van der Waals surface area contributed by atoms with Crippen molar-refractivity contribution in [2.75, 3.05) is 6.54 Å². The molecule has 120 valence electrons. The average molecular weight is 315 g/mol. The van der Waals surface area contributed by atoms with Crippen LogP contribution in [0.3, 0.4) is 0 Å². The molecule has 4 N–H and O–H groups in total. The van der Waals surface area contributed by atoms with Crippen molar-refractivity contribution in [2.45, 2.75) is 13.0 Å². The summed E-state index contributed by atoms with van der Waals surface area (Å²) >= 11 is 0. The first-order chi connectivity index (χ1) is 11.0. The van der Waals surface area contributed by atoms with Crippen LogP contribution in [-0.4, -0.2) is 18.5 Å². The molecule has 0 aromatic heterocycles. The van der Waals surface area contributed by atoms with E-state index in [2.05, 4.69) is 10.6 Å². The van der Waals surface area contributed by atoms with E-state index in [9.17, 15) is 14.0 Å². The summed E-state index contributed by atoms with van der Waals surface area (Å²) in [5.74, 6) is -0.482. The number of carbonyl (C=O) groups is 2. The molecule has 0 aliphatic carbocycles. The lowest BCUT2D eigenvalue weighted by Crippen LogP contribution is -2.28. The van der Waals surface area contributed by atoms with Gasteiger partial charge in [-0.1, -0.05) is 24.3 Å². The first kappa shape index (κ1) is 16.5. The summed E-state index contributed by atoms with van der Waals surface area (Å²) in [6, 6.07) is 12.5. The largest absolute Gasteiger partial charge is 0.352 e. The van der Waals surface area contributed by atoms with Crippen molar-refractivity contribution >= 4 is 11.9 Å². The van der Waals surface area contributed by atoms with Crippen LogP contribution >= 0.6 is 0 Å². The van der Waals surface area contributed by atoms with E-state index in [1.807, 2.05) is 6.07 Å². The Kier molecular flexibility index (Phi) is 5.68. The second-order valence-corrected chi connectivity index (χ2v) is 5.05. The molecule has 0 spiro atoms. The monoisotopic (exact) mass is 315 g/mol. The lowest BCUT2D eigenvalue weighted by molar-refractivity contribution is 0.0954. The third-order valence-corrected chi connectivity index (χ3v) is 3.27. The Morgan fingerprint density at radius 2 is 1.74 bits per heavy atom. The van der Waals surface area contributed by atoms with Crippen molar-refractivity contribution in [1.82, 2.24) is 10.6 Å². The highest BCUT2D eigenvalue weighted by Crippen LogP contribution is 2.06. The zero-order valence-electron chi connectivity index (χ0n) is 12.5. The normalized spacial score (nSPS) is 10.1. The lowest BCUT2D eigenvalue weighted by atomic mass is 10.1. The van der Waals surface area contributed by atoms with E-state index in [0.717, 1.165) is 11.1 Å². The predicted octanol–water partition coefficient (Wildman–Crippen LogP) is 1.97. The quantitative estimate of drug-likeness (QED) is 0.761. The molecular formula is C17H18FN3O2. The first-order valence-electron chi connectivity index (χ1n) is 7.19. The minimum atomic E-state index is -0.593. The molecule has 2 aromatic rings. The van der Waals surface area contributed by atoms with Crippen LogP contribution in [0.2, 0.25) is 0 Å². The molecule has 0 radical (unpaired) electrons. The molecule has 3 amide bonds. The topological polar surface area (TPSA) is 84.2 Å². The molecule has 0 saturated heterocycles. The van der Waals surface area contributed by atoms with E-state index >= 15 is 0 Å². The number of rotatable bonds is 6. The van der Waals surface area contributed by atoms with Crippen LogP contribution in [0.25, 0.3) is 0 Å². The molecule has 23 heavy (non-hydrogen) atoms. The van der Waals surface area contributed by atoms with Gasteiger partial charge < -0.3 is 16.4 Å². The number of primary amides is 1. The third kappa shape index (κ3) is 5.43. The summed E-state index contributed by atoms with van der Waals surface area (Å²) in [6.45, 7) is 0.740. The summed E-state index contributed by atoms with van der Waals surface area (Å²) in [5.41, 5.74) is 7.19. The predicted molar refractivity (Wildman–Crippen MR) is 85.3 cm³/mol. The van der Waals surface area contributed by atoms with Crippen LogP contribution < -0.4 is 16.4 Å². The van der Waals surface area contributed by atoms with Gasteiger partial charge in [0, 0.05) is 18.7 Å². The fourth-order valence-electron chi connectivity index (χ4n) is 2.08. The van der Waals surface area contributed by atoms with Gasteiger partial charge in [0.2, 0.25) is 0 Å². The fraction of sp³-hybridized carbons (Fsp3) is 0.176. The second-order valence-electron chi connectivity index (χ2n) is 5.05.